The number of para-hydroxylation sites is 1. The smallest absolute Gasteiger partial charge is 0.137 e. The first-order valence-corrected chi connectivity index (χ1v) is 18.6. The van der Waals surface area contributed by atoms with Crippen LogP contribution in [0.5, 0.6) is 17.2 Å². The molecule has 7 aromatic rings. The van der Waals surface area contributed by atoms with Crippen LogP contribution in [0.3, 0.4) is 0 Å². The van der Waals surface area contributed by atoms with E-state index in [0.717, 1.165) is 56.4 Å². The molecule has 0 atom stereocenters. The number of ether oxygens (including phenoxy) is 2. The molecule has 6 heteroatoms. The van der Waals surface area contributed by atoms with E-state index in [1.807, 2.05) is 12.3 Å². The Kier molecular flexibility index (Phi) is 9.00. The van der Waals surface area contributed by atoms with E-state index in [-0.39, 0.29) is 16.7 Å². The molecule has 272 valence electrons. The van der Waals surface area contributed by atoms with Gasteiger partial charge in [-0.15, -0.1) is 0 Å². The third-order valence-electron chi connectivity index (χ3n) is 10.1. The molecule has 3 aromatic heterocycles. The summed E-state index contributed by atoms with van der Waals surface area (Å²) in [6, 6.07) is 29.9. The topological polar surface area (TPSA) is 54.1 Å². The molecule has 0 N–H and O–H groups in total. The number of rotatable bonds is 7. The molecular formula is C47H52N4O2. The maximum absolute atomic E-state index is 6.84. The quantitative estimate of drug-likeness (QED) is 0.166. The van der Waals surface area contributed by atoms with Crippen LogP contribution in [-0.4, -0.2) is 26.4 Å². The summed E-state index contributed by atoms with van der Waals surface area (Å²) in [5.41, 5.74) is 12.0. The van der Waals surface area contributed by atoms with Crippen molar-refractivity contribution >= 4 is 21.8 Å². The van der Waals surface area contributed by atoms with E-state index >= 15 is 0 Å². The highest BCUT2D eigenvalue weighted by atomic mass is 16.5. The summed E-state index contributed by atoms with van der Waals surface area (Å²) in [4.78, 5) is 4.77. The molecule has 0 unspecified atom stereocenters. The second kappa shape index (κ2) is 13.2. The van der Waals surface area contributed by atoms with Crippen LogP contribution in [0.2, 0.25) is 0 Å². The van der Waals surface area contributed by atoms with Crippen LogP contribution in [-0.2, 0) is 10.8 Å². The highest BCUT2D eigenvalue weighted by Crippen LogP contribution is 2.45. The molecule has 0 bridgehead atoms. The van der Waals surface area contributed by atoms with E-state index in [1.165, 1.54) is 38.9 Å². The van der Waals surface area contributed by atoms with Gasteiger partial charge >= 0.3 is 0 Å². The van der Waals surface area contributed by atoms with Gasteiger partial charge in [0, 0.05) is 45.5 Å². The summed E-state index contributed by atoms with van der Waals surface area (Å²) in [7, 11) is 1.73. The summed E-state index contributed by atoms with van der Waals surface area (Å²) in [5, 5.41) is 7.85. The number of benzene rings is 4. The van der Waals surface area contributed by atoms with Gasteiger partial charge in [-0.2, -0.15) is 5.10 Å². The van der Waals surface area contributed by atoms with E-state index in [4.69, 9.17) is 19.6 Å². The molecular weight excluding hydrogens is 653 g/mol. The van der Waals surface area contributed by atoms with Crippen molar-refractivity contribution in [2.45, 2.75) is 92.9 Å². The molecule has 3 heterocycles. The van der Waals surface area contributed by atoms with Crippen molar-refractivity contribution < 1.29 is 9.47 Å². The summed E-state index contributed by atoms with van der Waals surface area (Å²) in [6.45, 7) is 24.5. The van der Waals surface area contributed by atoms with Gasteiger partial charge < -0.3 is 9.47 Å². The molecule has 53 heavy (non-hydrogen) atoms. The predicted molar refractivity (Wildman–Crippen MR) is 220 cm³/mol. The lowest BCUT2D eigenvalue weighted by Gasteiger charge is -2.26. The van der Waals surface area contributed by atoms with Gasteiger partial charge in [-0.1, -0.05) is 73.6 Å². The lowest BCUT2D eigenvalue weighted by Crippen LogP contribution is -2.19. The van der Waals surface area contributed by atoms with Crippen LogP contribution >= 0.6 is 0 Å². The maximum atomic E-state index is 6.84. The van der Waals surface area contributed by atoms with Crippen molar-refractivity contribution in [3.63, 3.8) is 0 Å². The number of aryl methyl sites for hydroxylation is 3. The van der Waals surface area contributed by atoms with Crippen LogP contribution < -0.4 is 9.47 Å². The number of fused-ring (bicyclic) bond motifs is 3. The van der Waals surface area contributed by atoms with Gasteiger partial charge in [0.2, 0.25) is 0 Å². The van der Waals surface area contributed by atoms with Crippen LogP contribution in [0.4, 0.5) is 0 Å². The van der Waals surface area contributed by atoms with Crippen molar-refractivity contribution in [1.29, 1.82) is 0 Å². The Morgan fingerprint density at radius 2 is 1.36 bits per heavy atom. The fourth-order valence-electron chi connectivity index (χ4n) is 7.65. The number of aromatic nitrogens is 4. The Morgan fingerprint density at radius 3 is 2.00 bits per heavy atom. The molecule has 7 rings (SSSR count). The molecule has 0 aliphatic rings. The van der Waals surface area contributed by atoms with E-state index in [9.17, 15) is 0 Å². The molecule has 0 amide bonds. The molecule has 0 spiro atoms. The fraction of sp³-hybridized carbons (Fsp3) is 0.319. The average Bonchev–Trinajstić information content (AvgIpc) is 3.65. The zero-order chi connectivity index (χ0) is 38.0. The SMILES string of the molecule is COc1cc(C)c(-c2c(C(C)(C)C)nn(-c3cc(Oc4ccc5c6ccccc6n(-c6cc(C)ccn6)c5c4)cc(C(C)C)c3)c2C(C)(C)C)c(C)c1. The monoisotopic (exact) mass is 704 g/mol. The van der Waals surface area contributed by atoms with Gasteiger partial charge in [-0.25, -0.2) is 9.67 Å². The minimum atomic E-state index is -0.234. The van der Waals surface area contributed by atoms with Crippen molar-refractivity contribution in [1.82, 2.24) is 19.3 Å². The molecule has 0 fully saturated rings. The number of hydrogen-bond donors (Lipinski definition) is 0. The standard InChI is InChI=1S/C47H52N4O2/c1-28(2)32-24-33(51-45(47(9,10)11)43(44(49-51)46(6,7)8)42-30(4)22-35(52-12)23-31(42)5)26-36(25-32)53-34-17-18-38-37-15-13-14-16-39(37)50(40(38)27-34)41-21-29(3)19-20-48-41/h13-28H,1-12H3. The maximum Gasteiger partial charge on any atom is 0.137 e. The van der Waals surface area contributed by atoms with E-state index < -0.39 is 0 Å². The Morgan fingerprint density at radius 1 is 0.660 bits per heavy atom. The Bertz CT molecular complexity index is 2480. The van der Waals surface area contributed by atoms with Crippen LogP contribution in [0, 0.1) is 20.8 Å². The third-order valence-corrected chi connectivity index (χ3v) is 10.1. The lowest BCUT2D eigenvalue weighted by molar-refractivity contribution is 0.414. The Balaban J connectivity index is 1.42. The second-order valence-corrected chi connectivity index (χ2v) is 16.9. The van der Waals surface area contributed by atoms with Crippen molar-refractivity contribution in [3.8, 4) is 39.9 Å². The van der Waals surface area contributed by atoms with Crippen molar-refractivity contribution in [3.05, 3.63) is 125 Å². The first kappa shape index (κ1) is 36.0. The first-order valence-electron chi connectivity index (χ1n) is 18.6. The van der Waals surface area contributed by atoms with Gasteiger partial charge in [0.15, 0.2) is 0 Å². The zero-order valence-electron chi connectivity index (χ0n) is 33.3. The zero-order valence-corrected chi connectivity index (χ0v) is 33.3. The summed E-state index contributed by atoms with van der Waals surface area (Å²) < 4.78 is 16.9. The van der Waals surface area contributed by atoms with Crippen LogP contribution in [0.25, 0.3) is 44.4 Å². The fourth-order valence-corrected chi connectivity index (χ4v) is 7.65. The summed E-state index contributed by atoms with van der Waals surface area (Å²) in [5.74, 6) is 3.56. The van der Waals surface area contributed by atoms with Crippen molar-refractivity contribution in [2.24, 2.45) is 0 Å². The van der Waals surface area contributed by atoms with E-state index in [2.05, 4.69) is 164 Å². The first-order chi connectivity index (χ1) is 25.0. The predicted octanol–water partition coefficient (Wildman–Crippen LogP) is 12.5. The molecule has 4 aromatic carbocycles. The number of hydrogen-bond acceptors (Lipinski definition) is 4. The van der Waals surface area contributed by atoms with Gasteiger partial charge in [0.25, 0.3) is 0 Å². The second-order valence-electron chi connectivity index (χ2n) is 16.9. The molecule has 0 aliphatic carbocycles. The van der Waals surface area contributed by atoms with Gasteiger partial charge in [-0.3, -0.25) is 4.57 Å². The Labute approximate surface area is 314 Å². The van der Waals surface area contributed by atoms with Crippen LogP contribution in [0.15, 0.2) is 91.1 Å². The number of methoxy groups -OCH3 is 1. The third kappa shape index (κ3) is 6.60. The van der Waals surface area contributed by atoms with Crippen LogP contribution in [0.1, 0.15) is 94.9 Å². The average molecular weight is 705 g/mol. The largest absolute Gasteiger partial charge is 0.497 e. The van der Waals surface area contributed by atoms with Gasteiger partial charge in [0.1, 0.15) is 23.1 Å². The minimum Gasteiger partial charge on any atom is -0.497 e. The minimum absolute atomic E-state index is 0.214. The molecule has 0 radical (unpaired) electrons. The van der Waals surface area contributed by atoms with E-state index in [1.54, 1.807) is 7.11 Å². The summed E-state index contributed by atoms with van der Waals surface area (Å²) >= 11 is 0. The molecule has 0 aliphatic heterocycles. The van der Waals surface area contributed by atoms with E-state index in [0.29, 0.717) is 0 Å². The lowest BCUT2D eigenvalue weighted by atomic mass is 9.79. The Hall–Kier alpha value is -5.36. The molecule has 0 saturated carbocycles. The molecule has 6 nitrogen and oxygen atoms in total. The van der Waals surface area contributed by atoms with Gasteiger partial charge in [0.05, 0.1) is 35.2 Å². The summed E-state index contributed by atoms with van der Waals surface area (Å²) in [6.07, 6.45) is 1.87. The van der Waals surface area contributed by atoms with Gasteiger partial charge in [-0.05, 0) is 109 Å². The van der Waals surface area contributed by atoms with Crippen molar-refractivity contribution in [2.75, 3.05) is 7.11 Å². The number of pyridine rings is 1. The normalized spacial score (nSPS) is 12.3. The highest BCUT2D eigenvalue weighted by Gasteiger charge is 2.35. The highest BCUT2D eigenvalue weighted by molar-refractivity contribution is 6.09. The number of nitrogens with zero attached hydrogens (tertiary/aromatic N) is 4. The molecule has 0 saturated heterocycles.